The number of ether oxygens (including phenoxy) is 1. The van der Waals surface area contributed by atoms with Crippen LogP contribution in [-0.4, -0.2) is 66.2 Å². The van der Waals surface area contributed by atoms with Crippen molar-refractivity contribution in [2.75, 3.05) is 39.3 Å². The van der Waals surface area contributed by atoms with E-state index in [1.54, 1.807) is 0 Å². The van der Waals surface area contributed by atoms with Crippen molar-refractivity contribution in [2.24, 2.45) is 0 Å². The molecule has 1 N–H and O–H groups in total. The van der Waals surface area contributed by atoms with Gasteiger partial charge in [-0.05, 0) is 69.5 Å². The molecule has 1 atom stereocenters. The van der Waals surface area contributed by atoms with Crippen LogP contribution in [0.2, 0.25) is 0 Å². The lowest BCUT2D eigenvalue weighted by atomic mass is 10.1. The average molecular weight is 346 g/mol. The smallest absolute Gasteiger partial charge is 0.253 e. The number of aliphatic hydroxyl groups is 1. The third-order valence-corrected chi connectivity index (χ3v) is 5.10. The Balaban J connectivity index is 1.44. The van der Waals surface area contributed by atoms with Crippen molar-refractivity contribution in [2.45, 2.75) is 44.6 Å². The second kappa shape index (κ2) is 9.20. The van der Waals surface area contributed by atoms with Gasteiger partial charge in [-0.1, -0.05) is 6.42 Å². The highest BCUT2D eigenvalue weighted by Gasteiger charge is 2.18. The molecule has 5 heteroatoms. The molecule has 1 aromatic carbocycles. The molecule has 0 aliphatic carbocycles. The summed E-state index contributed by atoms with van der Waals surface area (Å²) < 4.78 is 5.69. The molecule has 0 aromatic heterocycles. The van der Waals surface area contributed by atoms with E-state index in [0.717, 1.165) is 39.0 Å². The van der Waals surface area contributed by atoms with Crippen LogP contribution in [0.5, 0.6) is 5.75 Å². The molecule has 0 spiro atoms. The van der Waals surface area contributed by atoms with E-state index >= 15 is 0 Å². The van der Waals surface area contributed by atoms with Gasteiger partial charge >= 0.3 is 0 Å². The molecule has 5 nitrogen and oxygen atoms in total. The maximum atomic E-state index is 12.4. The third-order valence-electron chi connectivity index (χ3n) is 5.10. The van der Waals surface area contributed by atoms with E-state index in [4.69, 9.17) is 4.74 Å². The number of β-amino-alcohol motifs (C(OH)–C–C–N with tert-alkyl or cyclic N) is 1. The Bertz CT molecular complexity index is 534. The van der Waals surface area contributed by atoms with Crippen molar-refractivity contribution < 1.29 is 14.6 Å². The SMILES string of the molecule is O=C(c1ccc(OC[C@H](O)CN2CCCCC2)cc1)N1CCCCC1. The van der Waals surface area contributed by atoms with Gasteiger partial charge < -0.3 is 19.6 Å². The predicted molar refractivity (Wildman–Crippen MR) is 98.0 cm³/mol. The number of amides is 1. The summed E-state index contributed by atoms with van der Waals surface area (Å²) in [7, 11) is 0. The Labute approximate surface area is 150 Å². The number of benzene rings is 1. The fraction of sp³-hybridized carbons (Fsp3) is 0.650. The lowest BCUT2D eigenvalue weighted by Gasteiger charge is -2.28. The molecule has 138 valence electrons. The minimum atomic E-state index is -0.479. The molecule has 25 heavy (non-hydrogen) atoms. The van der Waals surface area contributed by atoms with Gasteiger partial charge in [0.1, 0.15) is 18.5 Å². The Morgan fingerprint density at radius 1 is 0.960 bits per heavy atom. The molecule has 2 saturated heterocycles. The van der Waals surface area contributed by atoms with Crippen LogP contribution in [0, 0.1) is 0 Å². The van der Waals surface area contributed by atoms with Crippen LogP contribution in [0.25, 0.3) is 0 Å². The number of hydrogen-bond donors (Lipinski definition) is 1. The van der Waals surface area contributed by atoms with Gasteiger partial charge in [-0.2, -0.15) is 0 Å². The van der Waals surface area contributed by atoms with Gasteiger partial charge in [-0.15, -0.1) is 0 Å². The molecule has 2 aliphatic heterocycles. The summed E-state index contributed by atoms with van der Waals surface area (Å²) in [6, 6.07) is 7.29. The molecule has 0 unspecified atom stereocenters. The zero-order valence-corrected chi connectivity index (χ0v) is 15.0. The molecule has 2 fully saturated rings. The Kier molecular flexibility index (Phi) is 6.70. The number of nitrogens with zero attached hydrogens (tertiary/aromatic N) is 2. The van der Waals surface area contributed by atoms with Crippen molar-refractivity contribution in [1.29, 1.82) is 0 Å². The molecule has 0 bridgehead atoms. The molecule has 2 aliphatic rings. The van der Waals surface area contributed by atoms with Crippen molar-refractivity contribution in [3.63, 3.8) is 0 Å². The summed E-state index contributed by atoms with van der Waals surface area (Å²) in [5.74, 6) is 0.810. The Morgan fingerprint density at radius 2 is 1.56 bits per heavy atom. The molecule has 0 saturated carbocycles. The fourth-order valence-corrected chi connectivity index (χ4v) is 3.66. The van der Waals surface area contributed by atoms with E-state index in [1.165, 1.54) is 25.7 Å². The standard InChI is InChI=1S/C20H30N2O3/c23-18(15-21-11-3-1-4-12-21)16-25-19-9-7-17(8-10-19)20(24)22-13-5-2-6-14-22/h7-10,18,23H,1-6,11-16H2/t18-/m1/s1. The summed E-state index contributed by atoms with van der Waals surface area (Å²) in [6.07, 6.45) is 6.68. The van der Waals surface area contributed by atoms with E-state index < -0.39 is 6.10 Å². The molecule has 3 rings (SSSR count). The van der Waals surface area contributed by atoms with Gasteiger partial charge in [0.25, 0.3) is 5.91 Å². The third kappa shape index (κ3) is 5.44. The second-order valence-electron chi connectivity index (χ2n) is 7.20. The van der Waals surface area contributed by atoms with Crippen molar-refractivity contribution in [1.82, 2.24) is 9.80 Å². The zero-order valence-electron chi connectivity index (χ0n) is 15.0. The first-order chi connectivity index (χ1) is 12.2. The first-order valence-corrected chi connectivity index (χ1v) is 9.65. The highest BCUT2D eigenvalue weighted by atomic mass is 16.5. The molecular weight excluding hydrogens is 316 g/mol. The topological polar surface area (TPSA) is 53.0 Å². The number of carbonyl (C=O) groups excluding carboxylic acids is 1. The molecule has 2 heterocycles. The quantitative estimate of drug-likeness (QED) is 0.860. The average Bonchev–Trinajstić information content (AvgIpc) is 2.68. The summed E-state index contributed by atoms with van der Waals surface area (Å²) in [5.41, 5.74) is 0.711. The molecular formula is C20H30N2O3. The minimum Gasteiger partial charge on any atom is -0.491 e. The van der Waals surface area contributed by atoms with Crippen LogP contribution in [0.15, 0.2) is 24.3 Å². The van der Waals surface area contributed by atoms with Crippen molar-refractivity contribution in [3.05, 3.63) is 29.8 Å². The first kappa shape index (κ1) is 18.2. The van der Waals surface area contributed by atoms with Crippen molar-refractivity contribution in [3.8, 4) is 5.75 Å². The second-order valence-corrected chi connectivity index (χ2v) is 7.20. The largest absolute Gasteiger partial charge is 0.491 e. The van der Waals surface area contributed by atoms with E-state index in [1.807, 2.05) is 29.2 Å². The minimum absolute atomic E-state index is 0.108. The lowest BCUT2D eigenvalue weighted by Crippen LogP contribution is -2.38. The summed E-state index contributed by atoms with van der Waals surface area (Å²) >= 11 is 0. The van der Waals surface area contributed by atoms with Crippen LogP contribution >= 0.6 is 0 Å². The van der Waals surface area contributed by atoms with Crippen LogP contribution in [0.4, 0.5) is 0 Å². The zero-order chi connectivity index (χ0) is 17.5. The molecule has 0 radical (unpaired) electrons. The number of hydrogen-bond acceptors (Lipinski definition) is 4. The number of rotatable bonds is 6. The van der Waals surface area contributed by atoms with Crippen molar-refractivity contribution >= 4 is 5.91 Å². The highest BCUT2D eigenvalue weighted by Crippen LogP contribution is 2.17. The van der Waals surface area contributed by atoms with E-state index in [-0.39, 0.29) is 12.5 Å². The summed E-state index contributed by atoms with van der Waals surface area (Å²) in [4.78, 5) is 16.7. The number of piperidine rings is 2. The molecule has 1 aromatic rings. The highest BCUT2D eigenvalue weighted by molar-refractivity contribution is 5.94. The van der Waals surface area contributed by atoms with Gasteiger partial charge in [-0.25, -0.2) is 0 Å². The fourth-order valence-electron chi connectivity index (χ4n) is 3.66. The van der Waals surface area contributed by atoms with E-state index in [2.05, 4.69) is 4.90 Å². The van der Waals surface area contributed by atoms with Gasteiger partial charge in [0.15, 0.2) is 0 Å². The van der Waals surface area contributed by atoms with Crippen LogP contribution in [0.1, 0.15) is 48.9 Å². The Morgan fingerprint density at radius 3 is 2.20 bits per heavy atom. The van der Waals surface area contributed by atoms with E-state index in [9.17, 15) is 9.90 Å². The van der Waals surface area contributed by atoms with E-state index in [0.29, 0.717) is 17.9 Å². The monoisotopic (exact) mass is 346 g/mol. The van der Waals surface area contributed by atoms with Crippen LogP contribution in [0.3, 0.4) is 0 Å². The summed E-state index contributed by atoms with van der Waals surface area (Å²) in [5, 5.41) is 10.1. The summed E-state index contributed by atoms with van der Waals surface area (Å²) in [6.45, 7) is 4.83. The first-order valence-electron chi connectivity index (χ1n) is 9.65. The maximum absolute atomic E-state index is 12.4. The normalized spacial score (nSPS) is 20.3. The number of aliphatic hydroxyl groups excluding tert-OH is 1. The van der Waals surface area contributed by atoms with Crippen LogP contribution in [-0.2, 0) is 0 Å². The maximum Gasteiger partial charge on any atom is 0.253 e. The number of likely N-dealkylation sites (tertiary alicyclic amines) is 2. The lowest BCUT2D eigenvalue weighted by molar-refractivity contribution is 0.0616. The van der Waals surface area contributed by atoms with Gasteiger partial charge in [0.2, 0.25) is 0 Å². The van der Waals surface area contributed by atoms with Gasteiger partial charge in [-0.3, -0.25) is 4.79 Å². The van der Waals surface area contributed by atoms with Gasteiger partial charge in [0, 0.05) is 25.2 Å². The Hall–Kier alpha value is -1.59. The van der Waals surface area contributed by atoms with Gasteiger partial charge in [0.05, 0.1) is 0 Å². The molecule has 1 amide bonds. The number of carbonyl (C=O) groups is 1. The predicted octanol–water partition coefficient (Wildman–Crippen LogP) is 2.54. The van der Waals surface area contributed by atoms with Crippen LogP contribution < -0.4 is 4.74 Å².